The van der Waals surface area contributed by atoms with Gasteiger partial charge in [0.2, 0.25) is 0 Å². The van der Waals surface area contributed by atoms with E-state index in [1.54, 1.807) is 0 Å². The fourth-order valence-electron chi connectivity index (χ4n) is 1.15. The molecule has 1 heteroatoms. The second-order valence-corrected chi connectivity index (χ2v) is 3.46. The van der Waals surface area contributed by atoms with Crippen molar-refractivity contribution in [2.24, 2.45) is 0 Å². The maximum Gasteiger partial charge on any atom is 0 e. The van der Waals surface area contributed by atoms with Gasteiger partial charge in [-0.1, -0.05) is 109 Å². The molecule has 0 aliphatic rings. The van der Waals surface area contributed by atoms with Gasteiger partial charge in [-0.3, -0.25) is 0 Å². The van der Waals surface area contributed by atoms with E-state index in [1.807, 2.05) is 109 Å². The van der Waals surface area contributed by atoms with Gasteiger partial charge in [-0.25, -0.2) is 0 Å². The van der Waals surface area contributed by atoms with Crippen molar-refractivity contribution in [2.45, 2.75) is 0 Å². The summed E-state index contributed by atoms with van der Waals surface area (Å²) in [6.07, 6.45) is 0. The van der Waals surface area contributed by atoms with Crippen LogP contribution < -0.4 is 0 Å². The quantitative estimate of drug-likeness (QED) is 0.502. The molecule has 0 aromatic heterocycles. The molecule has 0 atom stereocenters. The van der Waals surface area contributed by atoms with Crippen LogP contribution in [0.5, 0.6) is 0 Å². The molecular formula is C18H20Sn. The van der Waals surface area contributed by atoms with E-state index >= 15 is 0 Å². The van der Waals surface area contributed by atoms with Crippen LogP contribution in [0.3, 0.4) is 0 Å². The smallest absolute Gasteiger partial charge is 0 e. The largest absolute Gasteiger partial charge is 0.0623 e. The monoisotopic (exact) mass is 356 g/mol. The van der Waals surface area contributed by atoms with Crippen LogP contribution in [-0.2, 0) is 0 Å². The van der Waals surface area contributed by atoms with Crippen molar-refractivity contribution in [3.8, 4) is 0 Å². The third-order valence-corrected chi connectivity index (χ3v) is 2.00. The Morgan fingerprint density at radius 2 is 0.263 bits per heavy atom. The predicted octanol–water partition coefficient (Wildman–Crippen LogP) is 4.93. The summed E-state index contributed by atoms with van der Waals surface area (Å²) in [6, 6.07) is 36.0. The zero-order valence-corrected chi connectivity index (χ0v) is 13.7. The Morgan fingerprint density at radius 1 is 0.211 bits per heavy atom. The summed E-state index contributed by atoms with van der Waals surface area (Å²) in [5.74, 6) is 0. The van der Waals surface area contributed by atoms with Crippen LogP contribution in [0.2, 0.25) is 0 Å². The number of benzene rings is 3. The standard InChI is InChI=1S/3C6H6.Sn.H2/c3*1-2-4-6-5-3-1;;/h3*1-6H;;1H. The van der Waals surface area contributed by atoms with Crippen LogP contribution in [0, 0.1) is 0 Å². The molecule has 0 aliphatic carbocycles. The number of hydrogen-bond donors (Lipinski definition) is 0. The molecule has 0 aliphatic heterocycles. The van der Waals surface area contributed by atoms with Crippen molar-refractivity contribution in [3.05, 3.63) is 109 Å². The van der Waals surface area contributed by atoms with Gasteiger partial charge in [-0.05, 0) is 0 Å². The first-order valence-corrected chi connectivity index (χ1v) is 6.00. The number of rotatable bonds is 0. The van der Waals surface area contributed by atoms with Crippen molar-refractivity contribution >= 4 is 23.9 Å². The Labute approximate surface area is 134 Å². The summed E-state index contributed by atoms with van der Waals surface area (Å²) in [6.45, 7) is 0. The Hall–Kier alpha value is -1.54. The van der Waals surface area contributed by atoms with E-state index in [0.29, 0.717) is 0 Å². The van der Waals surface area contributed by atoms with Gasteiger partial charge >= 0.3 is 0 Å². The van der Waals surface area contributed by atoms with Gasteiger partial charge < -0.3 is 0 Å². The fourth-order valence-corrected chi connectivity index (χ4v) is 1.15. The van der Waals surface area contributed by atoms with E-state index in [2.05, 4.69) is 0 Å². The third kappa shape index (κ3) is 12.7. The molecule has 0 amide bonds. The van der Waals surface area contributed by atoms with Gasteiger partial charge in [-0.2, -0.15) is 0 Å². The summed E-state index contributed by atoms with van der Waals surface area (Å²) in [4.78, 5) is 0. The van der Waals surface area contributed by atoms with Crippen LogP contribution >= 0.6 is 0 Å². The molecule has 0 fully saturated rings. The Balaban J connectivity index is 0. The summed E-state index contributed by atoms with van der Waals surface area (Å²) in [5, 5.41) is 0. The van der Waals surface area contributed by atoms with Crippen molar-refractivity contribution in [2.75, 3.05) is 0 Å². The van der Waals surface area contributed by atoms with Crippen molar-refractivity contribution in [3.63, 3.8) is 0 Å². The fraction of sp³-hybridized carbons (Fsp3) is 0. The molecule has 0 unspecified atom stereocenters. The first-order valence-electron chi connectivity index (χ1n) is 6.00. The Morgan fingerprint density at radius 3 is 0.316 bits per heavy atom. The molecule has 0 spiro atoms. The molecule has 3 aromatic rings. The predicted molar refractivity (Wildman–Crippen MR) is 87.2 cm³/mol. The van der Waals surface area contributed by atoms with Gasteiger partial charge in [0.15, 0.2) is 0 Å². The molecule has 4 radical (unpaired) electrons. The van der Waals surface area contributed by atoms with Crippen LogP contribution in [-0.4, -0.2) is 23.9 Å². The molecule has 3 rings (SSSR count). The van der Waals surface area contributed by atoms with Crippen molar-refractivity contribution in [1.29, 1.82) is 0 Å². The van der Waals surface area contributed by atoms with Gasteiger partial charge in [0.1, 0.15) is 0 Å². The summed E-state index contributed by atoms with van der Waals surface area (Å²) in [5.41, 5.74) is 0. The van der Waals surface area contributed by atoms with E-state index in [1.165, 1.54) is 0 Å². The minimum Gasteiger partial charge on any atom is -0.0623 e. The second kappa shape index (κ2) is 14.5. The third-order valence-electron chi connectivity index (χ3n) is 2.00. The van der Waals surface area contributed by atoms with Gasteiger partial charge in [0.05, 0.1) is 0 Å². The molecule has 0 saturated heterocycles. The van der Waals surface area contributed by atoms with E-state index in [4.69, 9.17) is 0 Å². The van der Waals surface area contributed by atoms with Gasteiger partial charge in [0.25, 0.3) is 0 Å². The second-order valence-electron chi connectivity index (χ2n) is 3.46. The maximum absolute atomic E-state index is 2.00. The molecule has 0 heterocycles. The van der Waals surface area contributed by atoms with Crippen LogP contribution in [0.25, 0.3) is 0 Å². The Bertz CT molecular complexity index is 302. The SMILES string of the molecule is [HH].[Sn].c1ccccc1.c1ccccc1.c1ccccc1. The van der Waals surface area contributed by atoms with Crippen molar-refractivity contribution < 1.29 is 1.43 Å². The molecule has 96 valence electrons. The Kier molecular flexibility index (Phi) is 13.3. The summed E-state index contributed by atoms with van der Waals surface area (Å²) >= 11 is 0. The van der Waals surface area contributed by atoms with E-state index in [0.717, 1.165) is 0 Å². The average Bonchev–Trinajstić information content (AvgIpc) is 2.54. The zero-order chi connectivity index (χ0) is 12.7. The average molecular weight is 355 g/mol. The van der Waals surface area contributed by atoms with Gasteiger partial charge in [-0.15, -0.1) is 0 Å². The molecule has 0 nitrogen and oxygen atoms in total. The normalized spacial score (nSPS) is 7.58. The van der Waals surface area contributed by atoms with E-state index in [9.17, 15) is 0 Å². The minimum absolute atomic E-state index is 0. The summed E-state index contributed by atoms with van der Waals surface area (Å²) in [7, 11) is 0. The molecule has 3 aromatic carbocycles. The first kappa shape index (κ1) is 17.5. The molecule has 0 N–H and O–H groups in total. The minimum atomic E-state index is 0. The topological polar surface area (TPSA) is 0 Å². The van der Waals surface area contributed by atoms with Crippen molar-refractivity contribution in [1.82, 2.24) is 0 Å². The zero-order valence-electron chi connectivity index (χ0n) is 10.9. The maximum atomic E-state index is 2.00. The van der Waals surface area contributed by atoms with Crippen LogP contribution in [0.15, 0.2) is 109 Å². The molecular weight excluding hydrogens is 335 g/mol. The molecule has 19 heavy (non-hydrogen) atoms. The molecule has 0 bridgehead atoms. The van der Waals surface area contributed by atoms with Gasteiger partial charge in [0, 0.05) is 25.3 Å². The summed E-state index contributed by atoms with van der Waals surface area (Å²) < 4.78 is 0. The number of hydrogen-bond acceptors (Lipinski definition) is 0. The van der Waals surface area contributed by atoms with Crippen LogP contribution in [0.1, 0.15) is 1.43 Å². The molecule has 0 saturated carbocycles. The van der Waals surface area contributed by atoms with E-state index in [-0.39, 0.29) is 25.3 Å². The first-order chi connectivity index (χ1) is 9.00. The van der Waals surface area contributed by atoms with Crippen LogP contribution in [0.4, 0.5) is 0 Å². The van der Waals surface area contributed by atoms with E-state index < -0.39 is 0 Å².